The van der Waals surface area contributed by atoms with Gasteiger partial charge >= 0.3 is 0 Å². The third kappa shape index (κ3) is 2.41. The molecule has 7 rings (SSSR count). The van der Waals surface area contributed by atoms with Crippen molar-refractivity contribution in [3.63, 3.8) is 0 Å². The Morgan fingerprint density at radius 3 is 0.909 bits per heavy atom. The summed E-state index contributed by atoms with van der Waals surface area (Å²) in [4.78, 5) is 0. The lowest BCUT2D eigenvalue weighted by Crippen LogP contribution is -1.94. The average molecular weight is 421 g/mol. The minimum Gasteiger partial charge on any atom is -0.0616 e. The monoisotopic (exact) mass is 420 g/mol. The lowest BCUT2D eigenvalue weighted by Gasteiger charge is -2.21. The van der Waals surface area contributed by atoms with Crippen LogP contribution in [0.1, 0.15) is 16.7 Å². The van der Waals surface area contributed by atoms with E-state index in [1.54, 1.807) is 0 Å². The zero-order valence-corrected chi connectivity index (χ0v) is 19.2. The van der Waals surface area contributed by atoms with E-state index in [0.29, 0.717) is 0 Å². The van der Waals surface area contributed by atoms with E-state index in [9.17, 15) is 0 Å². The van der Waals surface area contributed by atoms with Gasteiger partial charge in [-0.1, -0.05) is 91.0 Å². The number of rotatable bonds is 0. The summed E-state index contributed by atoms with van der Waals surface area (Å²) in [6.07, 6.45) is 0. The molecule has 0 aromatic heterocycles. The summed E-state index contributed by atoms with van der Waals surface area (Å²) in [5.41, 5.74) is 4.04. The Balaban J connectivity index is 2.01. The van der Waals surface area contributed by atoms with Gasteiger partial charge in [0.05, 0.1) is 0 Å². The Labute approximate surface area is 193 Å². The van der Waals surface area contributed by atoms with E-state index in [2.05, 4.69) is 112 Å². The number of fused-ring (bicyclic) bond motifs is 12. The van der Waals surface area contributed by atoms with Crippen molar-refractivity contribution in [1.29, 1.82) is 0 Å². The van der Waals surface area contributed by atoms with E-state index < -0.39 is 0 Å². The smallest absolute Gasteiger partial charge is 0.00146 e. The molecule has 0 unspecified atom stereocenters. The molecule has 0 aliphatic rings. The Bertz CT molecular complexity index is 1680. The summed E-state index contributed by atoms with van der Waals surface area (Å²) >= 11 is 0. The molecule has 0 saturated carbocycles. The van der Waals surface area contributed by atoms with Crippen molar-refractivity contribution in [2.75, 3.05) is 0 Å². The highest BCUT2D eigenvalue weighted by Gasteiger charge is 2.20. The molecule has 33 heavy (non-hydrogen) atoms. The topological polar surface area (TPSA) is 0 Å². The fourth-order valence-electron chi connectivity index (χ4n) is 6.21. The molecule has 0 N–H and O–H groups in total. The maximum atomic E-state index is 2.37. The molecule has 0 atom stereocenters. The zero-order valence-electron chi connectivity index (χ0n) is 19.2. The van der Waals surface area contributed by atoms with Crippen LogP contribution in [0.3, 0.4) is 0 Å². The summed E-state index contributed by atoms with van der Waals surface area (Å²) in [6.45, 7) is 6.86. The molecule has 0 heterocycles. The lowest BCUT2D eigenvalue weighted by atomic mass is 9.82. The molecule has 7 aromatic rings. The van der Waals surface area contributed by atoms with Gasteiger partial charge in [0.2, 0.25) is 0 Å². The third-order valence-electron chi connectivity index (χ3n) is 7.49. The first-order valence-corrected chi connectivity index (χ1v) is 11.7. The average Bonchev–Trinajstić information content (AvgIpc) is 2.83. The number of aryl methyl sites for hydroxylation is 3. The fraction of sp³-hybridized carbons (Fsp3) is 0.0909. The van der Waals surface area contributed by atoms with Crippen molar-refractivity contribution in [2.24, 2.45) is 0 Å². The van der Waals surface area contributed by atoms with E-state index >= 15 is 0 Å². The highest BCUT2D eigenvalue weighted by atomic mass is 14.2. The lowest BCUT2D eigenvalue weighted by molar-refractivity contribution is 1.54. The summed E-state index contributed by atoms with van der Waals surface area (Å²) in [5.74, 6) is 0. The molecule has 0 nitrogen and oxygen atoms in total. The van der Waals surface area contributed by atoms with Crippen molar-refractivity contribution in [2.45, 2.75) is 20.8 Å². The van der Waals surface area contributed by atoms with Gasteiger partial charge in [-0.15, -0.1) is 0 Å². The normalized spacial score (nSPS) is 12.1. The number of hydrogen-bond acceptors (Lipinski definition) is 0. The van der Waals surface area contributed by atoms with Gasteiger partial charge in [0.1, 0.15) is 0 Å². The second kappa shape index (κ2) is 6.56. The summed E-state index contributed by atoms with van der Waals surface area (Å²) in [5, 5.41) is 16.3. The molecular formula is C33H24. The van der Waals surface area contributed by atoms with Crippen LogP contribution in [-0.4, -0.2) is 0 Å². The molecule has 0 heteroatoms. The molecule has 7 aromatic carbocycles. The molecule has 0 amide bonds. The van der Waals surface area contributed by atoms with Gasteiger partial charge in [0.25, 0.3) is 0 Å². The van der Waals surface area contributed by atoms with Crippen molar-refractivity contribution < 1.29 is 0 Å². The van der Waals surface area contributed by atoms with E-state index in [4.69, 9.17) is 0 Å². The maximum absolute atomic E-state index is 2.37. The second-order valence-electron chi connectivity index (χ2n) is 9.49. The van der Waals surface area contributed by atoms with Gasteiger partial charge < -0.3 is 0 Å². The van der Waals surface area contributed by atoms with Crippen LogP contribution in [0.25, 0.3) is 64.6 Å². The van der Waals surface area contributed by atoms with Crippen LogP contribution in [0.5, 0.6) is 0 Å². The first-order chi connectivity index (χ1) is 16.1. The van der Waals surface area contributed by atoms with Crippen molar-refractivity contribution in [3.8, 4) is 0 Å². The molecular weight excluding hydrogens is 396 g/mol. The summed E-state index contributed by atoms with van der Waals surface area (Å²) in [6, 6.07) is 33.8. The van der Waals surface area contributed by atoms with Crippen LogP contribution in [0, 0.1) is 20.8 Å². The first-order valence-electron chi connectivity index (χ1n) is 11.7. The highest BCUT2D eigenvalue weighted by molar-refractivity contribution is 6.40. The Morgan fingerprint density at radius 1 is 0.333 bits per heavy atom. The Kier molecular flexibility index (Phi) is 3.71. The Hall–Kier alpha value is -3.90. The molecule has 156 valence electrons. The van der Waals surface area contributed by atoms with E-state index in [0.717, 1.165) is 0 Å². The first kappa shape index (κ1) is 18.7. The second-order valence-corrected chi connectivity index (χ2v) is 9.49. The summed E-state index contributed by atoms with van der Waals surface area (Å²) in [7, 11) is 0. The molecule has 0 radical (unpaired) electrons. The van der Waals surface area contributed by atoms with Gasteiger partial charge in [-0.25, -0.2) is 0 Å². The predicted molar refractivity (Wildman–Crippen MR) is 146 cm³/mol. The van der Waals surface area contributed by atoms with Crippen LogP contribution in [0.4, 0.5) is 0 Å². The number of hydrogen-bond donors (Lipinski definition) is 0. The van der Waals surface area contributed by atoms with Crippen molar-refractivity contribution in [3.05, 3.63) is 108 Å². The fourth-order valence-corrected chi connectivity index (χ4v) is 6.21. The van der Waals surface area contributed by atoms with Crippen LogP contribution in [-0.2, 0) is 0 Å². The van der Waals surface area contributed by atoms with Gasteiger partial charge in [-0.05, 0) is 102 Å². The standard InChI is InChI=1S/C33H24/c1-19-16-22-10-4-7-13-25(22)31-28(19)32-26-14-8-5-11-23(26)17-20(2)30(32)33-27-15-9-6-12-24(27)18-21(3)29(31)33/h4-18H,1-3H3. The third-order valence-corrected chi connectivity index (χ3v) is 7.49. The molecule has 0 aliphatic carbocycles. The quantitative estimate of drug-likeness (QED) is 0.214. The van der Waals surface area contributed by atoms with E-state index in [1.165, 1.54) is 81.3 Å². The zero-order chi connectivity index (χ0) is 22.3. The van der Waals surface area contributed by atoms with Crippen LogP contribution in [0.2, 0.25) is 0 Å². The van der Waals surface area contributed by atoms with E-state index in [1.807, 2.05) is 0 Å². The van der Waals surface area contributed by atoms with Gasteiger partial charge in [0.15, 0.2) is 0 Å². The minimum atomic E-state index is 1.31. The van der Waals surface area contributed by atoms with Gasteiger partial charge in [0, 0.05) is 0 Å². The Morgan fingerprint density at radius 2 is 0.606 bits per heavy atom. The number of benzene rings is 7. The molecule has 0 bridgehead atoms. The predicted octanol–water partition coefficient (Wildman–Crippen LogP) is 9.53. The van der Waals surface area contributed by atoms with Gasteiger partial charge in [-0.3, -0.25) is 0 Å². The van der Waals surface area contributed by atoms with E-state index in [-0.39, 0.29) is 0 Å². The maximum Gasteiger partial charge on any atom is -0.00146 e. The van der Waals surface area contributed by atoms with Crippen LogP contribution >= 0.6 is 0 Å². The molecule has 0 fully saturated rings. The van der Waals surface area contributed by atoms with Crippen LogP contribution < -0.4 is 0 Å². The van der Waals surface area contributed by atoms with Crippen molar-refractivity contribution in [1.82, 2.24) is 0 Å². The molecule has 0 saturated heterocycles. The molecule has 0 spiro atoms. The minimum absolute atomic E-state index is 1.31. The SMILES string of the molecule is Cc1cc2ccccc2c2c1c1c3ccccc3cc(C)c1c1c3ccccc3cc(C)c21. The highest BCUT2D eigenvalue weighted by Crippen LogP contribution is 2.47. The summed E-state index contributed by atoms with van der Waals surface area (Å²) < 4.78 is 0. The van der Waals surface area contributed by atoms with Gasteiger partial charge in [-0.2, -0.15) is 0 Å². The van der Waals surface area contributed by atoms with Crippen molar-refractivity contribution >= 4 is 64.6 Å². The largest absolute Gasteiger partial charge is 0.0616 e. The van der Waals surface area contributed by atoms with Crippen LogP contribution in [0.15, 0.2) is 91.0 Å². The molecule has 0 aliphatic heterocycles.